The lowest BCUT2D eigenvalue weighted by Gasteiger charge is -2.07. The average molecular weight is 381 g/mol. The van der Waals surface area contributed by atoms with Crippen LogP contribution in [0.4, 0.5) is 0 Å². The van der Waals surface area contributed by atoms with Gasteiger partial charge in [-0.3, -0.25) is 0 Å². The molecular formula is C16H17BrN2O2S. The monoisotopic (exact) mass is 380 g/mol. The van der Waals surface area contributed by atoms with Crippen molar-refractivity contribution in [2.24, 2.45) is 5.10 Å². The summed E-state index contributed by atoms with van der Waals surface area (Å²) in [4.78, 5) is 2.51. The van der Waals surface area contributed by atoms with Crippen molar-refractivity contribution in [3.8, 4) is 0 Å². The summed E-state index contributed by atoms with van der Waals surface area (Å²) in [5.41, 5.74) is 2.58. The second-order valence-electron chi connectivity index (χ2n) is 4.83. The van der Waals surface area contributed by atoms with Crippen molar-refractivity contribution < 1.29 is 8.42 Å². The van der Waals surface area contributed by atoms with Gasteiger partial charge >= 0.3 is 0 Å². The van der Waals surface area contributed by atoms with Gasteiger partial charge in [-0.05, 0) is 43.2 Å². The molecule has 0 aliphatic carbocycles. The highest BCUT2D eigenvalue weighted by Gasteiger charge is 2.13. The largest absolute Gasteiger partial charge is 0.276 e. The molecule has 0 radical (unpaired) electrons. The van der Waals surface area contributed by atoms with Gasteiger partial charge in [0.2, 0.25) is 0 Å². The van der Waals surface area contributed by atoms with Gasteiger partial charge < -0.3 is 0 Å². The number of hydrogen-bond donors (Lipinski definition) is 1. The van der Waals surface area contributed by atoms with Crippen LogP contribution in [-0.2, 0) is 10.0 Å². The molecule has 0 fully saturated rings. The summed E-state index contributed by atoms with van der Waals surface area (Å²) in [6.07, 6.45) is 0.623. The van der Waals surface area contributed by atoms with E-state index >= 15 is 0 Å². The van der Waals surface area contributed by atoms with Crippen LogP contribution in [0.1, 0.15) is 24.5 Å². The molecule has 0 atom stereocenters. The van der Waals surface area contributed by atoms with Crippen molar-refractivity contribution >= 4 is 31.7 Å². The first-order valence-corrected chi connectivity index (χ1v) is 9.11. The molecule has 22 heavy (non-hydrogen) atoms. The summed E-state index contributed by atoms with van der Waals surface area (Å²) in [5, 5.41) is 4.08. The van der Waals surface area contributed by atoms with Crippen LogP contribution < -0.4 is 4.83 Å². The first kappa shape index (κ1) is 16.7. The minimum Gasteiger partial charge on any atom is -0.200 e. The molecule has 0 heterocycles. The topological polar surface area (TPSA) is 58.5 Å². The van der Waals surface area contributed by atoms with Gasteiger partial charge in [-0.15, -0.1) is 0 Å². The highest BCUT2D eigenvalue weighted by atomic mass is 79.9. The maximum absolute atomic E-state index is 12.2. The molecule has 1 N–H and O–H groups in total. The molecule has 0 aliphatic heterocycles. The first-order valence-electron chi connectivity index (χ1n) is 6.83. The van der Waals surface area contributed by atoms with Gasteiger partial charge in [0.1, 0.15) is 0 Å². The van der Waals surface area contributed by atoms with Gasteiger partial charge in [-0.1, -0.05) is 52.7 Å². The summed E-state index contributed by atoms with van der Waals surface area (Å²) in [5.74, 6) is 0. The third kappa shape index (κ3) is 4.18. The predicted octanol–water partition coefficient (Wildman–Crippen LogP) is 3.85. The number of hydrazone groups is 1. The van der Waals surface area contributed by atoms with Gasteiger partial charge in [0.25, 0.3) is 10.0 Å². The maximum Gasteiger partial charge on any atom is 0.276 e. The van der Waals surface area contributed by atoms with Crippen LogP contribution in [0, 0.1) is 6.92 Å². The smallest absolute Gasteiger partial charge is 0.200 e. The number of sulfonamides is 1. The molecule has 0 saturated heterocycles. The van der Waals surface area contributed by atoms with E-state index in [-0.39, 0.29) is 4.90 Å². The fourth-order valence-corrected chi connectivity index (χ4v) is 2.97. The normalized spacial score (nSPS) is 12.2. The Bertz CT molecular complexity index is 767. The average Bonchev–Trinajstić information content (AvgIpc) is 2.50. The molecule has 4 nitrogen and oxygen atoms in total. The van der Waals surface area contributed by atoms with Gasteiger partial charge in [0.15, 0.2) is 0 Å². The van der Waals surface area contributed by atoms with E-state index in [1.54, 1.807) is 24.3 Å². The zero-order valence-corrected chi connectivity index (χ0v) is 14.8. The maximum atomic E-state index is 12.2. The molecule has 116 valence electrons. The van der Waals surface area contributed by atoms with Crippen LogP contribution in [0.15, 0.2) is 63.0 Å². The Kier molecular flexibility index (Phi) is 5.37. The van der Waals surface area contributed by atoms with Gasteiger partial charge in [-0.25, -0.2) is 0 Å². The second-order valence-corrected chi connectivity index (χ2v) is 7.40. The number of rotatable bonds is 5. The van der Waals surface area contributed by atoms with Crippen LogP contribution in [-0.4, -0.2) is 14.1 Å². The van der Waals surface area contributed by atoms with Crippen molar-refractivity contribution in [2.75, 3.05) is 0 Å². The molecule has 0 bridgehead atoms. The van der Waals surface area contributed by atoms with Crippen LogP contribution in [0.25, 0.3) is 0 Å². The van der Waals surface area contributed by atoms with Crippen LogP contribution in [0.3, 0.4) is 0 Å². The zero-order valence-electron chi connectivity index (χ0n) is 12.4. The molecule has 0 saturated carbocycles. The number of hydrogen-bond acceptors (Lipinski definition) is 3. The summed E-state index contributed by atoms with van der Waals surface area (Å²) in [6, 6.07) is 14.2. The van der Waals surface area contributed by atoms with Crippen LogP contribution in [0.2, 0.25) is 0 Å². The number of aryl methyl sites for hydroxylation is 1. The van der Waals surface area contributed by atoms with Gasteiger partial charge in [0.05, 0.1) is 10.6 Å². The van der Waals surface area contributed by atoms with E-state index in [1.807, 2.05) is 38.1 Å². The summed E-state index contributed by atoms with van der Waals surface area (Å²) >= 11 is 3.37. The standard InChI is InChI=1S/C16H17BrN2O2S/c1-3-16(13-6-8-14(17)9-7-13)18-19-22(20,21)15-10-4-12(2)5-11-15/h4-11,19H,3H2,1-2H3/b18-16-. The van der Waals surface area contributed by atoms with Crippen molar-refractivity contribution in [1.82, 2.24) is 4.83 Å². The number of benzene rings is 2. The van der Waals surface area contributed by atoms with Gasteiger partial charge in [0, 0.05) is 4.47 Å². The van der Waals surface area contributed by atoms with Crippen LogP contribution in [0.5, 0.6) is 0 Å². The lowest BCUT2D eigenvalue weighted by Crippen LogP contribution is -2.20. The molecule has 0 aromatic heterocycles. The molecule has 2 aromatic rings. The number of nitrogens with zero attached hydrogens (tertiary/aromatic N) is 1. The van der Waals surface area contributed by atoms with Crippen molar-refractivity contribution in [3.63, 3.8) is 0 Å². The molecule has 2 rings (SSSR count). The van der Waals surface area contributed by atoms with E-state index in [0.29, 0.717) is 12.1 Å². The Balaban J connectivity index is 2.24. The first-order chi connectivity index (χ1) is 10.4. The zero-order chi connectivity index (χ0) is 16.2. The van der Waals surface area contributed by atoms with Crippen LogP contribution >= 0.6 is 15.9 Å². The fourth-order valence-electron chi connectivity index (χ4n) is 1.88. The highest BCUT2D eigenvalue weighted by molar-refractivity contribution is 9.10. The Hall–Kier alpha value is -1.66. The van der Waals surface area contributed by atoms with E-state index in [0.717, 1.165) is 15.6 Å². The molecule has 0 unspecified atom stereocenters. The minimum absolute atomic E-state index is 0.202. The van der Waals surface area contributed by atoms with Crippen molar-refractivity contribution in [1.29, 1.82) is 0 Å². The summed E-state index contributed by atoms with van der Waals surface area (Å²) < 4.78 is 25.4. The Morgan fingerprint density at radius 2 is 1.68 bits per heavy atom. The summed E-state index contributed by atoms with van der Waals surface area (Å²) in [6.45, 7) is 3.84. The quantitative estimate of drug-likeness (QED) is 0.632. The predicted molar refractivity (Wildman–Crippen MR) is 92.5 cm³/mol. The minimum atomic E-state index is -3.65. The van der Waals surface area contributed by atoms with E-state index in [2.05, 4.69) is 25.9 Å². The van der Waals surface area contributed by atoms with E-state index in [9.17, 15) is 8.42 Å². The lowest BCUT2D eigenvalue weighted by atomic mass is 10.1. The highest BCUT2D eigenvalue weighted by Crippen LogP contribution is 2.13. The van der Waals surface area contributed by atoms with E-state index in [4.69, 9.17) is 0 Å². The fraction of sp³-hybridized carbons (Fsp3) is 0.188. The molecule has 0 amide bonds. The third-order valence-corrected chi connectivity index (χ3v) is 4.90. The molecule has 0 spiro atoms. The number of halogens is 1. The third-order valence-electron chi connectivity index (χ3n) is 3.14. The van der Waals surface area contributed by atoms with Gasteiger partial charge in [-0.2, -0.15) is 18.4 Å². The Labute approximate surface area is 139 Å². The Morgan fingerprint density at radius 3 is 2.23 bits per heavy atom. The SMILES string of the molecule is CC/C(=N/NS(=O)(=O)c1ccc(C)cc1)c1ccc(Br)cc1. The lowest BCUT2D eigenvalue weighted by molar-refractivity contribution is 0.584. The molecular weight excluding hydrogens is 364 g/mol. The molecule has 6 heteroatoms. The molecule has 0 aliphatic rings. The Morgan fingerprint density at radius 1 is 1.09 bits per heavy atom. The number of nitrogens with one attached hydrogen (secondary N) is 1. The van der Waals surface area contributed by atoms with Crippen molar-refractivity contribution in [2.45, 2.75) is 25.2 Å². The van der Waals surface area contributed by atoms with E-state index in [1.165, 1.54) is 0 Å². The molecule has 2 aromatic carbocycles. The van der Waals surface area contributed by atoms with Crippen molar-refractivity contribution in [3.05, 3.63) is 64.1 Å². The second kappa shape index (κ2) is 7.07. The van der Waals surface area contributed by atoms with E-state index < -0.39 is 10.0 Å². The summed E-state index contributed by atoms with van der Waals surface area (Å²) in [7, 11) is -3.65.